The van der Waals surface area contributed by atoms with Crippen molar-refractivity contribution < 1.29 is 19.1 Å². The van der Waals surface area contributed by atoms with Gasteiger partial charge in [-0.3, -0.25) is 4.79 Å². The fourth-order valence-electron chi connectivity index (χ4n) is 1.91. The third-order valence-corrected chi connectivity index (χ3v) is 3.19. The summed E-state index contributed by atoms with van der Waals surface area (Å²) in [7, 11) is 0. The van der Waals surface area contributed by atoms with Crippen molar-refractivity contribution in [2.45, 2.75) is 38.6 Å². The van der Waals surface area contributed by atoms with Crippen LogP contribution in [0.4, 0.5) is 0 Å². The van der Waals surface area contributed by atoms with Gasteiger partial charge in [0, 0.05) is 6.04 Å². The van der Waals surface area contributed by atoms with Crippen molar-refractivity contribution in [1.29, 1.82) is 0 Å². The number of nitrogens with one attached hydrogen (secondary N) is 1. The number of hydrogen-bond acceptors (Lipinski definition) is 4. The van der Waals surface area contributed by atoms with E-state index >= 15 is 0 Å². The molecule has 5 heteroatoms. The Hall–Kier alpha value is -2.04. The van der Waals surface area contributed by atoms with Crippen molar-refractivity contribution in [3.8, 4) is 5.75 Å². The Kier molecular flexibility index (Phi) is 5.20. The third-order valence-electron chi connectivity index (χ3n) is 3.19. The highest BCUT2D eigenvalue weighted by Crippen LogP contribution is 2.25. The molecule has 1 aromatic rings. The molecule has 1 N–H and O–H groups in total. The third kappa shape index (κ3) is 5.10. The fourth-order valence-corrected chi connectivity index (χ4v) is 1.91. The van der Waals surface area contributed by atoms with E-state index in [1.54, 1.807) is 0 Å². The van der Waals surface area contributed by atoms with E-state index in [0.29, 0.717) is 11.7 Å². The van der Waals surface area contributed by atoms with Gasteiger partial charge in [-0.2, -0.15) is 0 Å². The molecule has 1 aliphatic carbocycles. The number of carbonyl (C=O) groups excluding carboxylic acids is 2. The molecule has 1 aromatic carbocycles. The zero-order chi connectivity index (χ0) is 15.2. The lowest BCUT2D eigenvalue weighted by Gasteiger charge is -2.13. The second-order valence-corrected chi connectivity index (χ2v) is 5.48. The maximum atomic E-state index is 11.6. The molecule has 0 atom stereocenters. The minimum absolute atomic E-state index is 0.194. The molecule has 0 aliphatic heterocycles. The Labute approximate surface area is 124 Å². The van der Waals surface area contributed by atoms with Gasteiger partial charge < -0.3 is 14.8 Å². The Morgan fingerprint density at radius 2 is 1.95 bits per heavy atom. The Morgan fingerprint density at radius 3 is 2.62 bits per heavy atom. The predicted octanol–water partition coefficient (Wildman–Crippen LogP) is 2.01. The van der Waals surface area contributed by atoms with Crippen LogP contribution in [0.15, 0.2) is 24.3 Å². The van der Waals surface area contributed by atoms with Crippen molar-refractivity contribution in [2.75, 3.05) is 13.2 Å². The number of rotatable bonds is 7. The van der Waals surface area contributed by atoms with Crippen LogP contribution in [0.3, 0.4) is 0 Å². The molecule has 1 saturated carbocycles. The lowest BCUT2D eigenvalue weighted by atomic mass is 10.0. The first-order valence-electron chi connectivity index (χ1n) is 7.23. The summed E-state index contributed by atoms with van der Waals surface area (Å²) in [4.78, 5) is 23.0. The van der Waals surface area contributed by atoms with Gasteiger partial charge in [-0.1, -0.05) is 32.0 Å². The topological polar surface area (TPSA) is 64.6 Å². The normalized spacial score (nSPS) is 13.9. The first kappa shape index (κ1) is 15.4. The fraction of sp³-hybridized carbons (Fsp3) is 0.500. The number of para-hydroxylation sites is 1. The standard InChI is InChI=1S/C16H21NO4/c1-11(2)13-5-3-4-6-14(13)20-10-16(19)21-9-15(18)17-12-7-8-12/h3-6,11-12H,7-10H2,1-2H3,(H,17,18). The number of benzene rings is 1. The van der Waals surface area contributed by atoms with Gasteiger partial charge in [0.2, 0.25) is 0 Å². The van der Waals surface area contributed by atoms with Gasteiger partial charge >= 0.3 is 5.97 Å². The summed E-state index contributed by atoms with van der Waals surface area (Å²) >= 11 is 0. The SMILES string of the molecule is CC(C)c1ccccc1OCC(=O)OCC(=O)NC1CC1. The molecule has 1 fully saturated rings. The van der Waals surface area contributed by atoms with Crippen LogP contribution in [0.25, 0.3) is 0 Å². The average molecular weight is 291 g/mol. The van der Waals surface area contributed by atoms with Crippen LogP contribution >= 0.6 is 0 Å². The molecule has 0 bridgehead atoms. The first-order valence-corrected chi connectivity index (χ1v) is 7.23. The van der Waals surface area contributed by atoms with Crippen LogP contribution in [-0.2, 0) is 14.3 Å². The van der Waals surface area contributed by atoms with Crippen LogP contribution in [0.1, 0.15) is 38.2 Å². The summed E-state index contributed by atoms with van der Waals surface area (Å²) in [6.45, 7) is 3.68. The van der Waals surface area contributed by atoms with Crippen molar-refractivity contribution in [3.05, 3.63) is 29.8 Å². The highest BCUT2D eigenvalue weighted by molar-refractivity contribution is 5.81. The van der Waals surface area contributed by atoms with Crippen molar-refractivity contribution >= 4 is 11.9 Å². The van der Waals surface area contributed by atoms with Crippen molar-refractivity contribution in [1.82, 2.24) is 5.32 Å². The molecule has 114 valence electrons. The molecule has 5 nitrogen and oxygen atoms in total. The monoisotopic (exact) mass is 291 g/mol. The van der Waals surface area contributed by atoms with E-state index in [1.165, 1.54) is 0 Å². The molecular weight excluding hydrogens is 270 g/mol. The molecule has 1 amide bonds. The summed E-state index contributed by atoms with van der Waals surface area (Å²) in [6.07, 6.45) is 2.02. The minimum Gasteiger partial charge on any atom is -0.482 e. The highest BCUT2D eigenvalue weighted by Gasteiger charge is 2.23. The molecule has 0 radical (unpaired) electrons. The van der Waals surface area contributed by atoms with Crippen LogP contribution in [-0.4, -0.2) is 31.1 Å². The van der Waals surface area contributed by atoms with Gasteiger partial charge in [0.1, 0.15) is 5.75 Å². The zero-order valence-corrected chi connectivity index (χ0v) is 12.4. The number of amides is 1. The summed E-state index contributed by atoms with van der Waals surface area (Å²) < 4.78 is 10.4. The Bertz CT molecular complexity index is 509. The maximum Gasteiger partial charge on any atom is 0.344 e. The van der Waals surface area contributed by atoms with Crippen LogP contribution in [0.5, 0.6) is 5.75 Å². The van der Waals surface area contributed by atoms with Crippen molar-refractivity contribution in [3.63, 3.8) is 0 Å². The Balaban J connectivity index is 1.74. The molecule has 0 spiro atoms. The predicted molar refractivity (Wildman–Crippen MR) is 78.1 cm³/mol. The number of ether oxygens (including phenoxy) is 2. The Morgan fingerprint density at radius 1 is 1.24 bits per heavy atom. The molecular formula is C16H21NO4. The highest BCUT2D eigenvalue weighted by atomic mass is 16.6. The van der Waals surface area contributed by atoms with E-state index in [-0.39, 0.29) is 25.2 Å². The molecule has 0 unspecified atom stereocenters. The maximum absolute atomic E-state index is 11.6. The van der Waals surface area contributed by atoms with Gasteiger partial charge in [-0.25, -0.2) is 4.79 Å². The van der Waals surface area contributed by atoms with E-state index < -0.39 is 5.97 Å². The molecule has 0 aromatic heterocycles. The first-order chi connectivity index (χ1) is 10.1. The largest absolute Gasteiger partial charge is 0.482 e. The molecule has 21 heavy (non-hydrogen) atoms. The lowest BCUT2D eigenvalue weighted by Crippen LogP contribution is -2.31. The van der Waals surface area contributed by atoms with E-state index in [4.69, 9.17) is 9.47 Å². The molecule has 1 aliphatic rings. The molecule has 0 saturated heterocycles. The van der Waals surface area contributed by atoms with E-state index in [2.05, 4.69) is 19.2 Å². The zero-order valence-electron chi connectivity index (χ0n) is 12.4. The van der Waals surface area contributed by atoms with Crippen molar-refractivity contribution in [2.24, 2.45) is 0 Å². The van der Waals surface area contributed by atoms with Crippen LogP contribution < -0.4 is 10.1 Å². The summed E-state index contributed by atoms with van der Waals surface area (Å²) in [6, 6.07) is 7.85. The number of esters is 1. The van der Waals surface area contributed by atoms with Gasteiger partial charge in [0.25, 0.3) is 5.91 Å². The average Bonchev–Trinajstić information content (AvgIpc) is 3.27. The molecule has 0 heterocycles. The number of carbonyl (C=O) groups is 2. The summed E-state index contributed by atoms with van der Waals surface area (Å²) in [5.74, 6) is 0.182. The van der Waals surface area contributed by atoms with Gasteiger partial charge in [0.15, 0.2) is 13.2 Å². The quantitative estimate of drug-likeness (QED) is 0.781. The lowest BCUT2D eigenvalue weighted by molar-refractivity contribution is -0.150. The second-order valence-electron chi connectivity index (χ2n) is 5.48. The number of hydrogen-bond donors (Lipinski definition) is 1. The van der Waals surface area contributed by atoms with Crippen LogP contribution in [0.2, 0.25) is 0 Å². The van der Waals surface area contributed by atoms with Gasteiger partial charge in [0.05, 0.1) is 0 Å². The summed E-state index contributed by atoms with van der Waals surface area (Å²) in [5, 5.41) is 2.75. The van der Waals surface area contributed by atoms with E-state index in [9.17, 15) is 9.59 Å². The summed E-state index contributed by atoms with van der Waals surface area (Å²) in [5.41, 5.74) is 1.04. The van der Waals surface area contributed by atoms with Gasteiger partial charge in [-0.15, -0.1) is 0 Å². The van der Waals surface area contributed by atoms with E-state index in [0.717, 1.165) is 18.4 Å². The van der Waals surface area contributed by atoms with Crippen LogP contribution in [0, 0.1) is 0 Å². The van der Waals surface area contributed by atoms with Gasteiger partial charge in [-0.05, 0) is 30.4 Å². The van der Waals surface area contributed by atoms with E-state index in [1.807, 2.05) is 24.3 Å². The molecule has 2 rings (SSSR count). The smallest absolute Gasteiger partial charge is 0.344 e. The minimum atomic E-state index is -0.542. The second kappa shape index (κ2) is 7.11.